The summed E-state index contributed by atoms with van der Waals surface area (Å²) in [6, 6.07) is 3.61. The van der Waals surface area contributed by atoms with Crippen molar-refractivity contribution in [2.75, 3.05) is 6.61 Å². The maximum Gasteiger partial charge on any atom is 0.0989 e. The summed E-state index contributed by atoms with van der Waals surface area (Å²) in [7, 11) is 0. The van der Waals surface area contributed by atoms with Crippen molar-refractivity contribution in [3.8, 4) is 0 Å². The Morgan fingerprint density at radius 3 is 2.84 bits per heavy atom. The fourth-order valence-electron chi connectivity index (χ4n) is 3.51. The number of rotatable bonds is 2. The molecule has 1 aromatic heterocycles. The van der Waals surface area contributed by atoms with Crippen molar-refractivity contribution in [2.24, 2.45) is 5.92 Å². The minimum atomic E-state index is -0.501. The summed E-state index contributed by atoms with van der Waals surface area (Å²) in [5.74, 6) is 0.250. The molecule has 1 saturated heterocycles. The van der Waals surface area contributed by atoms with Gasteiger partial charge in [-0.05, 0) is 43.7 Å². The van der Waals surface area contributed by atoms with Crippen LogP contribution in [0.15, 0.2) is 18.3 Å². The number of aliphatic hydroxyl groups excluding tert-OH is 1. The lowest BCUT2D eigenvalue weighted by Gasteiger charge is -2.39. The summed E-state index contributed by atoms with van der Waals surface area (Å²) in [4.78, 5) is 4.25. The molecule has 1 aromatic rings. The fraction of sp³-hybridized carbons (Fsp3) is 0.667. The van der Waals surface area contributed by atoms with Crippen LogP contribution in [0.5, 0.6) is 0 Å². The van der Waals surface area contributed by atoms with Gasteiger partial charge < -0.3 is 9.84 Å². The van der Waals surface area contributed by atoms with Gasteiger partial charge in [0, 0.05) is 12.8 Å². The Labute approximate surface area is 118 Å². The van der Waals surface area contributed by atoms with Gasteiger partial charge in [0.2, 0.25) is 0 Å². The average molecular weight is 282 g/mol. The molecule has 104 valence electrons. The molecule has 2 unspecified atom stereocenters. The fourth-order valence-corrected chi connectivity index (χ4v) is 3.62. The maximum atomic E-state index is 10.5. The molecule has 1 aliphatic carbocycles. The number of halogens is 1. The summed E-state index contributed by atoms with van der Waals surface area (Å²) in [6.07, 6.45) is 7.76. The third-order valence-electron chi connectivity index (χ3n) is 4.55. The van der Waals surface area contributed by atoms with Crippen LogP contribution < -0.4 is 0 Å². The van der Waals surface area contributed by atoms with Crippen LogP contribution in [-0.2, 0) is 4.74 Å². The van der Waals surface area contributed by atoms with Crippen molar-refractivity contribution in [2.45, 2.75) is 50.2 Å². The van der Waals surface area contributed by atoms with Gasteiger partial charge in [-0.2, -0.15) is 0 Å². The molecule has 2 aliphatic rings. The third-order valence-corrected chi connectivity index (χ3v) is 4.77. The molecule has 2 fully saturated rings. The standard InChI is InChI=1S/C15H20ClNO2/c16-12-3-4-13(17-10-12)14(18)11-5-8-19-15(9-11)6-1-2-7-15/h3-4,10-11,14,18H,1-2,5-9H2. The summed E-state index contributed by atoms with van der Waals surface area (Å²) in [6.45, 7) is 0.759. The van der Waals surface area contributed by atoms with Gasteiger partial charge in [-0.1, -0.05) is 24.4 Å². The number of ether oxygens (including phenoxy) is 1. The first-order valence-corrected chi connectivity index (χ1v) is 7.50. The first kappa shape index (κ1) is 13.3. The van der Waals surface area contributed by atoms with Gasteiger partial charge in [0.15, 0.2) is 0 Å². The SMILES string of the molecule is OC(c1ccc(Cl)cn1)C1CCOC2(CCCC2)C1. The second-order valence-electron chi connectivity index (χ2n) is 5.84. The van der Waals surface area contributed by atoms with Crippen LogP contribution in [0.2, 0.25) is 5.02 Å². The second-order valence-corrected chi connectivity index (χ2v) is 6.27. The Hall–Kier alpha value is -0.640. The van der Waals surface area contributed by atoms with E-state index in [1.54, 1.807) is 12.3 Å². The van der Waals surface area contributed by atoms with Gasteiger partial charge in [-0.25, -0.2) is 0 Å². The van der Waals surface area contributed by atoms with Crippen molar-refractivity contribution in [1.29, 1.82) is 0 Å². The van der Waals surface area contributed by atoms with E-state index in [-0.39, 0.29) is 11.5 Å². The van der Waals surface area contributed by atoms with Crippen LogP contribution in [0.3, 0.4) is 0 Å². The number of aromatic nitrogens is 1. The van der Waals surface area contributed by atoms with Gasteiger partial charge in [0.05, 0.1) is 22.4 Å². The molecule has 2 atom stereocenters. The van der Waals surface area contributed by atoms with Crippen LogP contribution in [-0.4, -0.2) is 22.3 Å². The van der Waals surface area contributed by atoms with Gasteiger partial charge in [0.25, 0.3) is 0 Å². The number of pyridine rings is 1. The van der Waals surface area contributed by atoms with Crippen molar-refractivity contribution in [3.63, 3.8) is 0 Å². The topological polar surface area (TPSA) is 42.4 Å². The summed E-state index contributed by atoms with van der Waals surface area (Å²) in [5, 5.41) is 11.1. The Kier molecular flexibility index (Phi) is 3.79. The molecule has 0 radical (unpaired) electrons. The quantitative estimate of drug-likeness (QED) is 0.902. The number of aliphatic hydroxyl groups is 1. The van der Waals surface area contributed by atoms with Crippen molar-refractivity contribution < 1.29 is 9.84 Å². The summed E-state index contributed by atoms with van der Waals surface area (Å²) in [5.41, 5.74) is 0.764. The van der Waals surface area contributed by atoms with Crippen LogP contribution in [0.25, 0.3) is 0 Å². The lowest BCUT2D eigenvalue weighted by molar-refractivity contribution is -0.113. The Bertz CT molecular complexity index is 428. The van der Waals surface area contributed by atoms with Gasteiger partial charge in [-0.3, -0.25) is 4.98 Å². The highest BCUT2D eigenvalue weighted by Gasteiger charge is 2.42. The summed E-state index contributed by atoms with van der Waals surface area (Å²) < 4.78 is 6.01. The molecule has 3 nitrogen and oxygen atoms in total. The van der Waals surface area contributed by atoms with E-state index in [4.69, 9.17) is 16.3 Å². The van der Waals surface area contributed by atoms with Crippen LogP contribution in [0.1, 0.15) is 50.3 Å². The second kappa shape index (κ2) is 5.39. The van der Waals surface area contributed by atoms with Crippen LogP contribution >= 0.6 is 11.6 Å². The molecule has 1 N–H and O–H groups in total. The highest BCUT2D eigenvalue weighted by molar-refractivity contribution is 6.30. The first-order valence-electron chi connectivity index (χ1n) is 7.12. The number of hydrogen-bond donors (Lipinski definition) is 1. The van der Waals surface area contributed by atoms with Gasteiger partial charge in [-0.15, -0.1) is 0 Å². The normalized spacial score (nSPS) is 27.6. The monoisotopic (exact) mass is 281 g/mol. The van der Waals surface area contributed by atoms with E-state index in [1.165, 1.54) is 12.8 Å². The lowest BCUT2D eigenvalue weighted by atomic mass is 9.81. The molecule has 3 rings (SSSR count). The van der Waals surface area contributed by atoms with Crippen molar-refractivity contribution in [3.05, 3.63) is 29.0 Å². The molecular weight excluding hydrogens is 262 g/mol. The highest BCUT2D eigenvalue weighted by Crippen LogP contribution is 2.45. The van der Waals surface area contributed by atoms with Crippen LogP contribution in [0, 0.1) is 5.92 Å². The highest BCUT2D eigenvalue weighted by atomic mass is 35.5. The molecule has 1 saturated carbocycles. The van der Waals surface area contributed by atoms with E-state index >= 15 is 0 Å². The molecule has 1 spiro atoms. The molecule has 4 heteroatoms. The number of nitrogens with zero attached hydrogens (tertiary/aromatic N) is 1. The van der Waals surface area contributed by atoms with E-state index < -0.39 is 6.10 Å². The van der Waals surface area contributed by atoms with E-state index in [1.807, 2.05) is 6.07 Å². The minimum absolute atomic E-state index is 0.0380. The average Bonchev–Trinajstić information content (AvgIpc) is 2.87. The zero-order chi connectivity index (χ0) is 13.3. The van der Waals surface area contributed by atoms with Crippen LogP contribution in [0.4, 0.5) is 0 Å². The van der Waals surface area contributed by atoms with Crippen molar-refractivity contribution in [1.82, 2.24) is 4.98 Å². The largest absolute Gasteiger partial charge is 0.387 e. The first-order chi connectivity index (χ1) is 9.19. The third kappa shape index (κ3) is 2.78. The molecule has 0 aromatic carbocycles. The predicted octanol–water partition coefficient (Wildman–Crippen LogP) is 3.51. The number of hydrogen-bond acceptors (Lipinski definition) is 3. The molecule has 2 heterocycles. The van der Waals surface area contributed by atoms with E-state index in [0.29, 0.717) is 5.02 Å². The zero-order valence-electron chi connectivity index (χ0n) is 11.0. The zero-order valence-corrected chi connectivity index (χ0v) is 11.8. The Balaban J connectivity index is 1.72. The Morgan fingerprint density at radius 1 is 1.37 bits per heavy atom. The van der Waals surface area contributed by atoms with Crippen molar-refractivity contribution >= 4 is 11.6 Å². The maximum absolute atomic E-state index is 10.5. The van der Waals surface area contributed by atoms with E-state index in [2.05, 4.69) is 4.98 Å². The minimum Gasteiger partial charge on any atom is -0.387 e. The Morgan fingerprint density at radius 2 is 2.16 bits per heavy atom. The molecule has 19 heavy (non-hydrogen) atoms. The molecule has 1 aliphatic heterocycles. The molecule has 0 amide bonds. The van der Waals surface area contributed by atoms with E-state index in [0.717, 1.165) is 38.0 Å². The van der Waals surface area contributed by atoms with Gasteiger partial charge in [0.1, 0.15) is 0 Å². The predicted molar refractivity (Wildman–Crippen MR) is 74.1 cm³/mol. The molecular formula is C15H20ClNO2. The molecule has 0 bridgehead atoms. The summed E-state index contributed by atoms with van der Waals surface area (Å²) >= 11 is 5.84. The smallest absolute Gasteiger partial charge is 0.0989 e. The van der Waals surface area contributed by atoms with Gasteiger partial charge >= 0.3 is 0 Å². The van der Waals surface area contributed by atoms with E-state index in [9.17, 15) is 5.11 Å². The lowest BCUT2D eigenvalue weighted by Crippen LogP contribution is -2.39.